The first kappa shape index (κ1) is 22.9. The molecule has 1 amide bonds. The highest BCUT2D eigenvalue weighted by Gasteiger charge is 2.53. The molecular weight excluding hydrogens is 453 g/mol. The van der Waals surface area contributed by atoms with Crippen LogP contribution in [0.1, 0.15) is 35.3 Å². The van der Waals surface area contributed by atoms with Crippen LogP contribution in [-0.4, -0.2) is 61.4 Å². The Labute approximate surface area is 194 Å². The third kappa shape index (κ3) is 4.09. The first-order chi connectivity index (χ1) is 16.3. The summed E-state index contributed by atoms with van der Waals surface area (Å²) in [4.78, 5) is 19.0. The summed E-state index contributed by atoms with van der Waals surface area (Å²) in [5, 5.41) is 0. The number of hydrogen-bond acceptors (Lipinski definition) is 6. The van der Waals surface area contributed by atoms with Gasteiger partial charge in [0.05, 0.1) is 20.3 Å². The van der Waals surface area contributed by atoms with Gasteiger partial charge >= 0.3 is 0 Å². The fourth-order valence-electron chi connectivity index (χ4n) is 4.91. The highest BCUT2D eigenvalue weighted by Crippen LogP contribution is 2.44. The number of pyridine rings is 1. The predicted octanol–water partition coefficient (Wildman–Crippen LogP) is 3.77. The fourth-order valence-corrected chi connectivity index (χ4v) is 4.91. The summed E-state index contributed by atoms with van der Waals surface area (Å²) in [6.45, 7) is 0.697. The number of amides is 1. The number of alkyl halides is 2. The Kier molecular flexibility index (Phi) is 5.89. The Bertz CT molecular complexity index is 1080. The van der Waals surface area contributed by atoms with Gasteiger partial charge in [0.2, 0.25) is 5.92 Å². The number of likely N-dealkylation sites (tertiary alicyclic amines) is 1. The summed E-state index contributed by atoms with van der Waals surface area (Å²) in [6, 6.07) is 7.64. The van der Waals surface area contributed by atoms with Crippen LogP contribution in [0.2, 0.25) is 0 Å². The lowest BCUT2D eigenvalue weighted by molar-refractivity contribution is -0.119. The minimum Gasteiger partial charge on any atom is -0.493 e. The first-order valence-corrected chi connectivity index (χ1v) is 11.2. The largest absolute Gasteiger partial charge is 0.493 e. The second kappa shape index (κ2) is 8.74. The number of methoxy groups -OCH3 is 1. The molecule has 182 valence electrons. The molecule has 34 heavy (non-hydrogen) atoms. The molecule has 0 radical (unpaired) electrons. The van der Waals surface area contributed by atoms with Gasteiger partial charge in [0.1, 0.15) is 30.0 Å². The van der Waals surface area contributed by atoms with Crippen molar-refractivity contribution >= 4 is 5.91 Å². The van der Waals surface area contributed by atoms with Crippen molar-refractivity contribution in [1.29, 1.82) is 0 Å². The van der Waals surface area contributed by atoms with Crippen LogP contribution in [0.4, 0.5) is 13.2 Å². The van der Waals surface area contributed by atoms with Gasteiger partial charge in [-0.3, -0.25) is 9.78 Å². The lowest BCUT2D eigenvalue weighted by atomic mass is 9.82. The molecule has 2 aliphatic heterocycles. The van der Waals surface area contributed by atoms with Crippen LogP contribution in [-0.2, 0) is 15.1 Å². The molecule has 2 unspecified atom stereocenters. The van der Waals surface area contributed by atoms with Crippen LogP contribution in [0.25, 0.3) is 0 Å². The van der Waals surface area contributed by atoms with E-state index in [1.807, 2.05) is 0 Å². The molecule has 7 nitrogen and oxygen atoms in total. The van der Waals surface area contributed by atoms with Crippen molar-refractivity contribution in [2.24, 2.45) is 5.92 Å². The van der Waals surface area contributed by atoms with E-state index in [4.69, 9.17) is 18.9 Å². The Morgan fingerprint density at radius 3 is 2.82 bits per heavy atom. The zero-order valence-electron chi connectivity index (χ0n) is 18.6. The van der Waals surface area contributed by atoms with Gasteiger partial charge in [-0.2, -0.15) is 0 Å². The number of hydrogen-bond donors (Lipinski definition) is 0. The average molecular weight is 478 g/mol. The van der Waals surface area contributed by atoms with Crippen molar-refractivity contribution < 1.29 is 36.9 Å². The van der Waals surface area contributed by atoms with Gasteiger partial charge in [0.25, 0.3) is 5.91 Å². The van der Waals surface area contributed by atoms with Crippen LogP contribution in [0, 0.1) is 11.7 Å². The number of carbonyl (C=O) groups excluding carboxylic acids is 1. The topological polar surface area (TPSA) is 70.1 Å². The van der Waals surface area contributed by atoms with Gasteiger partial charge in [-0.15, -0.1) is 0 Å². The van der Waals surface area contributed by atoms with Crippen LogP contribution in [0.5, 0.6) is 11.5 Å². The minimum absolute atomic E-state index is 0.00447. The summed E-state index contributed by atoms with van der Waals surface area (Å²) in [6.07, 6.45) is 0.923. The van der Waals surface area contributed by atoms with Crippen molar-refractivity contribution in [3.05, 3.63) is 53.6 Å². The zero-order valence-corrected chi connectivity index (χ0v) is 18.6. The molecule has 1 aromatic heterocycles. The Morgan fingerprint density at radius 1 is 1.26 bits per heavy atom. The first-order valence-electron chi connectivity index (χ1n) is 11.2. The Balaban J connectivity index is 1.27. The maximum atomic E-state index is 14.5. The highest BCUT2D eigenvalue weighted by atomic mass is 19.3. The van der Waals surface area contributed by atoms with E-state index in [9.17, 15) is 18.0 Å². The predicted molar refractivity (Wildman–Crippen MR) is 113 cm³/mol. The van der Waals surface area contributed by atoms with E-state index in [0.29, 0.717) is 30.0 Å². The average Bonchev–Trinajstić information content (AvgIpc) is 3.25. The normalized spacial score (nSPS) is 26.0. The van der Waals surface area contributed by atoms with Gasteiger partial charge in [0, 0.05) is 43.5 Å². The second-order valence-corrected chi connectivity index (χ2v) is 8.95. The Hall–Kier alpha value is -2.85. The number of nitrogens with zero attached hydrogens (tertiary/aromatic N) is 2. The number of carbonyl (C=O) groups is 1. The number of benzene rings is 1. The highest BCUT2D eigenvalue weighted by molar-refractivity contribution is 5.95. The van der Waals surface area contributed by atoms with Gasteiger partial charge in [-0.25, -0.2) is 13.2 Å². The van der Waals surface area contributed by atoms with E-state index >= 15 is 0 Å². The Morgan fingerprint density at radius 2 is 2.09 bits per heavy atom. The molecule has 0 spiro atoms. The van der Waals surface area contributed by atoms with E-state index in [0.717, 1.165) is 0 Å². The monoisotopic (exact) mass is 478 g/mol. The number of rotatable bonds is 6. The smallest absolute Gasteiger partial charge is 0.254 e. The van der Waals surface area contributed by atoms with Crippen LogP contribution in [0.3, 0.4) is 0 Å². The molecule has 2 aromatic rings. The van der Waals surface area contributed by atoms with Crippen molar-refractivity contribution in [3.63, 3.8) is 0 Å². The molecule has 2 saturated heterocycles. The summed E-state index contributed by atoms with van der Waals surface area (Å²) < 4.78 is 63.1. The van der Waals surface area contributed by atoms with Gasteiger partial charge in [-0.05, 0) is 30.3 Å². The number of piperidine rings is 1. The van der Waals surface area contributed by atoms with Gasteiger partial charge in [-0.1, -0.05) is 0 Å². The third-order valence-corrected chi connectivity index (χ3v) is 6.75. The fraction of sp³-hybridized carbons (Fsp3) is 0.500. The van der Waals surface area contributed by atoms with E-state index in [1.165, 1.54) is 25.4 Å². The van der Waals surface area contributed by atoms with E-state index < -0.39 is 23.4 Å². The summed E-state index contributed by atoms with van der Waals surface area (Å²) in [5.74, 6) is -2.77. The van der Waals surface area contributed by atoms with Crippen LogP contribution >= 0.6 is 0 Å². The molecule has 2 atom stereocenters. The number of halogens is 3. The number of aromatic nitrogens is 1. The maximum Gasteiger partial charge on any atom is 0.254 e. The summed E-state index contributed by atoms with van der Waals surface area (Å²) >= 11 is 0. The van der Waals surface area contributed by atoms with E-state index in [-0.39, 0.29) is 50.3 Å². The van der Waals surface area contributed by atoms with Gasteiger partial charge < -0.3 is 23.8 Å². The van der Waals surface area contributed by atoms with Crippen molar-refractivity contribution in [2.75, 3.05) is 33.6 Å². The number of fused-ring (bicyclic) bond motifs is 1. The van der Waals surface area contributed by atoms with E-state index in [2.05, 4.69) is 4.98 Å². The van der Waals surface area contributed by atoms with Crippen LogP contribution < -0.4 is 9.47 Å². The van der Waals surface area contributed by atoms with Crippen molar-refractivity contribution in [3.8, 4) is 11.5 Å². The van der Waals surface area contributed by atoms with Gasteiger partial charge in [0.15, 0.2) is 11.5 Å². The molecule has 1 saturated carbocycles. The third-order valence-electron chi connectivity index (χ3n) is 6.75. The molecule has 1 aliphatic carbocycles. The van der Waals surface area contributed by atoms with Crippen molar-refractivity contribution in [2.45, 2.75) is 36.9 Å². The molecular formula is C24H25F3N2O5. The molecule has 1 aromatic carbocycles. The summed E-state index contributed by atoms with van der Waals surface area (Å²) in [7, 11) is 1.45. The molecule has 5 rings (SSSR count). The second-order valence-electron chi connectivity index (χ2n) is 8.95. The lowest BCUT2D eigenvalue weighted by Gasteiger charge is -2.41. The minimum atomic E-state index is -2.60. The molecule has 3 heterocycles. The maximum absolute atomic E-state index is 14.5. The summed E-state index contributed by atoms with van der Waals surface area (Å²) in [5.41, 5.74) is -0.456. The quantitative estimate of drug-likeness (QED) is 0.630. The molecule has 10 heteroatoms. The lowest BCUT2D eigenvalue weighted by Crippen LogP contribution is -2.54. The standard InChI is InChI=1S/C24H25F3N2O5/c1-31-19-9-16(4-5-18(19)32-13-15-10-23(26,27)11-15)22(30)29-8-6-24(20(12-29)33-14-34-24)21-17(25)3-2-7-28-21/h2-5,7,9,15,20H,6,8,10-14H2,1H3. The molecule has 0 N–H and O–H groups in total. The molecule has 0 bridgehead atoms. The SMILES string of the molecule is COc1cc(C(=O)N2CCC3(c4ncccc4F)OCOC3C2)ccc1OCC1CC(F)(F)C1. The van der Waals surface area contributed by atoms with Crippen molar-refractivity contribution in [1.82, 2.24) is 9.88 Å². The van der Waals surface area contributed by atoms with Crippen LogP contribution in [0.15, 0.2) is 36.5 Å². The van der Waals surface area contributed by atoms with E-state index in [1.54, 1.807) is 23.1 Å². The molecule has 3 aliphatic rings. The zero-order chi connectivity index (χ0) is 23.9. The number of ether oxygens (including phenoxy) is 4. The molecule has 3 fully saturated rings.